The number of hydrogen-bond acceptors (Lipinski definition) is 4. The van der Waals surface area contributed by atoms with E-state index < -0.39 is 0 Å². The van der Waals surface area contributed by atoms with E-state index in [9.17, 15) is 4.79 Å². The molecule has 0 spiro atoms. The molecule has 128 valence electrons. The highest BCUT2D eigenvalue weighted by atomic mass is 35.5. The van der Waals surface area contributed by atoms with Crippen LogP contribution in [-0.4, -0.2) is 10.9 Å². The predicted molar refractivity (Wildman–Crippen MR) is 101 cm³/mol. The maximum absolute atomic E-state index is 12.1. The van der Waals surface area contributed by atoms with Crippen molar-refractivity contribution in [2.75, 3.05) is 5.32 Å². The number of furan rings is 1. The standard InChI is InChI=1S/C20H13ClN2O3/c21-16-9-7-13(22-19(24)10-8-14-4-3-11-25-14)12-15(16)20-23-17-5-1-2-6-18(17)26-20/h1-12H,(H,22,24). The van der Waals surface area contributed by atoms with Crippen LogP contribution in [0.4, 0.5) is 5.69 Å². The molecule has 0 aliphatic heterocycles. The minimum atomic E-state index is -0.285. The fourth-order valence-electron chi connectivity index (χ4n) is 2.48. The van der Waals surface area contributed by atoms with Gasteiger partial charge in [-0.2, -0.15) is 0 Å². The Morgan fingerprint density at radius 2 is 2.00 bits per heavy atom. The van der Waals surface area contributed by atoms with Gasteiger partial charge in [-0.25, -0.2) is 4.98 Å². The molecule has 0 unspecified atom stereocenters. The van der Waals surface area contributed by atoms with Crippen molar-refractivity contribution in [3.05, 3.63) is 77.7 Å². The van der Waals surface area contributed by atoms with Gasteiger partial charge < -0.3 is 14.2 Å². The second-order valence-electron chi connectivity index (χ2n) is 5.52. The lowest BCUT2D eigenvalue weighted by molar-refractivity contribution is -0.111. The van der Waals surface area contributed by atoms with E-state index in [-0.39, 0.29) is 5.91 Å². The van der Waals surface area contributed by atoms with Crippen LogP contribution < -0.4 is 5.32 Å². The number of halogens is 1. The number of carbonyl (C=O) groups excluding carboxylic acids is 1. The highest BCUT2D eigenvalue weighted by molar-refractivity contribution is 6.33. The normalized spacial score (nSPS) is 11.3. The van der Waals surface area contributed by atoms with Crippen LogP contribution in [0.5, 0.6) is 0 Å². The number of carbonyl (C=O) groups is 1. The minimum absolute atomic E-state index is 0.285. The molecule has 5 nitrogen and oxygen atoms in total. The number of fused-ring (bicyclic) bond motifs is 1. The molecule has 2 heterocycles. The van der Waals surface area contributed by atoms with E-state index in [0.717, 1.165) is 5.52 Å². The van der Waals surface area contributed by atoms with Crippen LogP contribution in [0.1, 0.15) is 5.76 Å². The quantitative estimate of drug-likeness (QED) is 0.493. The molecule has 0 atom stereocenters. The average Bonchev–Trinajstić information content (AvgIpc) is 3.31. The van der Waals surface area contributed by atoms with Crippen molar-refractivity contribution in [3.8, 4) is 11.5 Å². The molecule has 0 bridgehead atoms. The number of anilines is 1. The SMILES string of the molecule is O=C(C=Cc1ccco1)Nc1ccc(Cl)c(-c2nc3ccccc3o2)c1. The van der Waals surface area contributed by atoms with Crippen molar-refractivity contribution in [1.82, 2.24) is 4.98 Å². The molecule has 4 rings (SSSR count). The third-order valence-corrected chi connectivity index (χ3v) is 4.03. The highest BCUT2D eigenvalue weighted by Gasteiger charge is 2.13. The lowest BCUT2D eigenvalue weighted by Gasteiger charge is -2.05. The Labute approximate surface area is 153 Å². The van der Waals surface area contributed by atoms with Crippen molar-refractivity contribution >= 4 is 40.4 Å². The zero-order valence-electron chi connectivity index (χ0n) is 13.5. The summed E-state index contributed by atoms with van der Waals surface area (Å²) in [6.07, 6.45) is 4.53. The summed E-state index contributed by atoms with van der Waals surface area (Å²) in [5, 5.41) is 3.27. The molecule has 0 aliphatic carbocycles. The van der Waals surface area contributed by atoms with Gasteiger partial charge in [0.15, 0.2) is 5.58 Å². The number of para-hydroxylation sites is 2. The second kappa shape index (κ2) is 6.90. The molecular weight excluding hydrogens is 352 g/mol. The number of oxazole rings is 1. The first-order valence-electron chi connectivity index (χ1n) is 7.87. The zero-order chi connectivity index (χ0) is 17.9. The van der Waals surface area contributed by atoms with Crippen molar-refractivity contribution in [3.63, 3.8) is 0 Å². The average molecular weight is 365 g/mol. The first kappa shape index (κ1) is 16.2. The van der Waals surface area contributed by atoms with E-state index >= 15 is 0 Å². The molecule has 6 heteroatoms. The van der Waals surface area contributed by atoms with E-state index in [4.69, 9.17) is 20.4 Å². The summed E-state index contributed by atoms with van der Waals surface area (Å²) in [7, 11) is 0. The monoisotopic (exact) mass is 364 g/mol. The summed E-state index contributed by atoms with van der Waals surface area (Å²) in [6.45, 7) is 0. The van der Waals surface area contributed by atoms with E-state index in [1.54, 1.807) is 42.7 Å². The molecule has 2 aromatic heterocycles. The molecule has 0 radical (unpaired) electrons. The molecule has 0 fully saturated rings. The maximum atomic E-state index is 12.1. The van der Waals surface area contributed by atoms with Gasteiger partial charge in [0.05, 0.1) is 16.8 Å². The minimum Gasteiger partial charge on any atom is -0.465 e. The van der Waals surface area contributed by atoms with Crippen LogP contribution in [-0.2, 0) is 4.79 Å². The number of amides is 1. The van der Waals surface area contributed by atoms with Crippen molar-refractivity contribution in [2.45, 2.75) is 0 Å². The molecule has 0 saturated heterocycles. The van der Waals surface area contributed by atoms with Gasteiger partial charge in [0, 0.05) is 11.8 Å². The van der Waals surface area contributed by atoms with E-state index in [1.807, 2.05) is 24.3 Å². The zero-order valence-corrected chi connectivity index (χ0v) is 14.2. The Balaban J connectivity index is 1.58. The summed E-state index contributed by atoms with van der Waals surface area (Å²) < 4.78 is 10.9. The van der Waals surface area contributed by atoms with Gasteiger partial charge in [-0.3, -0.25) is 4.79 Å². The molecule has 26 heavy (non-hydrogen) atoms. The van der Waals surface area contributed by atoms with Gasteiger partial charge in [-0.05, 0) is 48.5 Å². The Morgan fingerprint density at radius 3 is 2.81 bits per heavy atom. The molecule has 0 saturated carbocycles. The fourth-order valence-corrected chi connectivity index (χ4v) is 2.68. The summed E-state index contributed by atoms with van der Waals surface area (Å²) in [4.78, 5) is 16.5. The number of rotatable bonds is 4. The maximum Gasteiger partial charge on any atom is 0.248 e. The molecule has 2 aromatic carbocycles. The Morgan fingerprint density at radius 1 is 1.12 bits per heavy atom. The molecule has 1 amide bonds. The fraction of sp³-hybridized carbons (Fsp3) is 0. The molecular formula is C20H13ClN2O3. The third kappa shape index (κ3) is 3.38. The number of benzene rings is 2. The van der Waals surface area contributed by atoms with Crippen molar-refractivity contribution < 1.29 is 13.6 Å². The lowest BCUT2D eigenvalue weighted by atomic mass is 10.2. The van der Waals surface area contributed by atoms with Crippen LogP contribution in [0.2, 0.25) is 5.02 Å². The summed E-state index contributed by atoms with van der Waals surface area (Å²) in [5.41, 5.74) is 2.61. The summed E-state index contributed by atoms with van der Waals surface area (Å²) >= 11 is 6.28. The lowest BCUT2D eigenvalue weighted by Crippen LogP contribution is -2.07. The van der Waals surface area contributed by atoms with Crippen LogP contribution in [0, 0.1) is 0 Å². The van der Waals surface area contributed by atoms with Crippen LogP contribution >= 0.6 is 11.6 Å². The largest absolute Gasteiger partial charge is 0.465 e. The van der Waals surface area contributed by atoms with Gasteiger partial charge in [-0.1, -0.05) is 23.7 Å². The number of nitrogens with zero attached hydrogens (tertiary/aromatic N) is 1. The summed E-state index contributed by atoms with van der Waals surface area (Å²) in [5.74, 6) is 0.717. The van der Waals surface area contributed by atoms with Crippen LogP contribution in [0.15, 0.2) is 75.8 Å². The molecule has 4 aromatic rings. The molecule has 0 aliphatic rings. The first-order chi connectivity index (χ1) is 12.7. The topological polar surface area (TPSA) is 68.3 Å². The second-order valence-corrected chi connectivity index (χ2v) is 5.93. The number of hydrogen-bond donors (Lipinski definition) is 1. The van der Waals surface area contributed by atoms with E-state index in [0.29, 0.717) is 33.5 Å². The van der Waals surface area contributed by atoms with Gasteiger partial charge >= 0.3 is 0 Å². The predicted octanol–water partition coefficient (Wildman–Crippen LogP) is 5.39. The first-order valence-corrected chi connectivity index (χ1v) is 8.25. The third-order valence-electron chi connectivity index (χ3n) is 3.70. The van der Waals surface area contributed by atoms with Gasteiger partial charge in [0.25, 0.3) is 0 Å². The highest BCUT2D eigenvalue weighted by Crippen LogP contribution is 2.32. The number of nitrogens with one attached hydrogen (secondary N) is 1. The van der Waals surface area contributed by atoms with Crippen molar-refractivity contribution in [1.29, 1.82) is 0 Å². The van der Waals surface area contributed by atoms with Crippen LogP contribution in [0.25, 0.3) is 28.6 Å². The van der Waals surface area contributed by atoms with Crippen LogP contribution in [0.3, 0.4) is 0 Å². The van der Waals surface area contributed by atoms with Gasteiger partial charge in [0.2, 0.25) is 11.8 Å². The number of aromatic nitrogens is 1. The van der Waals surface area contributed by atoms with Gasteiger partial charge in [0.1, 0.15) is 11.3 Å². The smallest absolute Gasteiger partial charge is 0.248 e. The Bertz CT molecular complexity index is 1060. The Hall–Kier alpha value is -3.31. The summed E-state index contributed by atoms with van der Waals surface area (Å²) in [6, 6.07) is 16.1. The van der Waals surface area contributed by atoms with E-state index in [1.165, 1.54) is 6.08 Å². The van der Waals surface area contributed by atoms with E-state index in [2.05, 4.69) is 10.3 Å². The van der Waals surface area contributed by atoms with Crippen molar-refractivity contribution in [2.24, 2.45) is 0 Å². The Kier molecular flexibility index (Phi) is 4.29. The van der Waals surface area contributed by atoms with Gasteiger partial charge in [-0.15, -0.1) is 0 Å². The molecule has 1 N–H and O–H groups in total.